The second-order valence-corrected chi connectivity index (χ2v) is 8.57. The number of aryl methyl sites for hydroxylation is 1. The summed E-state index contributed by atoms with van der Waals surface area (Å²) in [5, 5.41) is 13.4. The Bertz CT molecular complexity index is 1410. The van der Waals surface area contributed by atoms with Crippen molar-refractivity contribution in [3.63, 3.8) is 0 Å². The Morgan fingerprint density at radius 1 is 1.19 bits per heavy atom. The first-order valence-electron chi connectivity index (χ1n) is 10.1. The van der Waals surface area contributed by atoms with Crippen LogP contribution in [0.4, 0.5) is 10.8 Å². The van der Waals surface area contributed by atoms with Gasteiger partial charge in [-0.1, -0.05) is 23.5 Å². The van der Waals surface area contributed by atoms with E-state index in [0.29, 0.717) is 0 Å². The van der Waals surface area contributed by atoms with Gasteiger partial charge >= 0.3 is 0 Å². The Balaban J connectivity index is 1.51. The van der Waals surface area contributed by atoms with Crippen LogP contribution in [-0.4, -0.2) is 42.2 Å². The van der Waals surface area contributed by atoms with Crippen molar-refractivity contribution in [2.45, 2.75) is 6.42 Å². The first kappa shape index (κ1) is 18.2. The van der Waals surface area contributed by atoms with Gasteiger partial charge in [0.25, 0.3) is 0 Å². The molecule has 5 aromatic heterocycles. The van der Waals surface area contributed by atoms with E-state index in [1.807, 2.05) is 37.9 Å². The number of anilines is 2. The lowest BCUT2D eigenvalue weighted by Crippen LogP contribution is -2.22. The molecule has 0 spiro atoms. The molecule has 154 valence electrons. The number of imidazole rings is 1. The number of hydrogen-bond donors (Lipinski definition) is 2. The summed E-state index contributed by atoms with van der Waals surface area (Å²) in [4.78, 5) is 15.1. The van der Waals surface area contributed by atoms with Crippen LogP contribution in [0.1, 0.15) is 12.1 Å². The number of aromatic nitrogens is 6. The van der Waals surface area contributed by atoms with Gasteiger partial charge < -0.3 is 10.6 Å². The van der Waals surface area contributed by atoms with Gasteiger partial charge in [0.15, 0.2) is 11.5 Å². The van der Waals surface area contributed by atoms with E-state index in [0.717, 1.165) is 63.1 Å². The van der Waals surface area contributed by atoms with Crippen LogP contribution in [0.25, 0.3) is 32.7 Å². The topological polar surface area (TPSA) is 85.0 Å². The maximum atomic E-state index is 4.96. The van der Waals surface area contributed by atoms with Crippen molar-refractivity contribution in [1.82, 2.24) is 34.4 Å². The molecule has 2 N–H and O–H groups in total. The van der Waals surface area contributed by atoms with E-state index in [2.05, 4.69) is 49.5 Å². The van der Waals surface area contributed by atoms with Gasteiger partial charge in [-0.25, -0.2) is 15.0 Å². The van der Waals surface area contributed by atoms with Crippen LogP contribution in [0.15, 0.2) is 55.3 Å². The average Bonchev–Trinajstić information content (AvgIpc) is 3.51. The molecule has 9 heteroatoms. The molecule has 5 aromatic rings. The monoisotopic (exact) mass is 428 g/mol. The van der Waals surface area contributed by atoms with Gasteiger partial charge in [-0.05, 0) is 30.7 Å². The summed E-state index contributed by atoms with van der Waals surface area (Å²) < 4.78 is 3.90. The van der Waals surface area contributed by atoms with Crippen molar-refractivity contribution in [3.05, 3.63) is 61.0 Å². The van der Waals surface area contributed by atoms with E-state index >= 15 is 0 Å². The number of pyridine rings is 1. The Hall–Kier alpha value is -3.56. The van der Waals surface area contributed by atoms with E-state index in [-0.39, 0.29) is 0 Å². The summed E-state index contributed by atoms with van der Waals surface area (Å²) in [6.45, 7) is 1.80. The molecule has 0 bridgehead atoms. The molecule has 0 saturated heterocycles. The van der Waals surface area contributed by atoms with Crippen LogP contribution >= 0.6 is 11.3 Å². The van der Waals surface area contributed by atoms with Crippen molar-refractivity contribution in [2.75, 3.05) is 18.4 Å². The predicted octanol–water partition coefficient (Wildman–Crippen LogP) is 3.86. The van der Waals surface area contributed by atoms with E-state index in [4.69, 9.17) is 9.97 Å². The summed E-state index contributed by atoms with van der Waals surface area (Å²) in [7, 11) is 1.92. The van der Waals surface area contributed by atoms with Gasteiger partial charge in [-0.2, -0.15) is 5.10 Å². The molecule has 31 heavy (non-hydrogen) atoms. The second-order valence-electron chi connectivity index (χ2n) is 7.54. The van der Waals surface area contributed by atoms with Gasteiger partial charge in [-0.15, -0.1) is 0 Å². The molecule has 0 fully saturated rings. The molecule has 0 aliphatic carbocycles. The Labute approximate surface area is 182 Å². The van der Waals surface area contributed by atoms with Crippen LogP contribution in [0, 0.1) is 0 Å². The minimum atomic E-state index is 0.727. The zero-order valence-electron chi connectivity index (χ0n) is 16.9. The lowest BCUT2D eigenvalue weighted by atomic mass is 10.1. The largest absolute Gasteiger partial charge is 0.329 e. The highest BCUT2D eigenvalue weighted by molar-refractivity contribution is 7.22. The lowest BCUT2D eigenvalue weighted by molar-refractivity contribution is 0.737. The molecule has 6 rings (SSSR count). The maximum absolute atomic E-state index is 4.96. The number of thiophene rings is 1. The van der Waals surface area contributed by atoms with Crippen LogP contribution in [0.3, 0.4) is 0 Å². The highest BCUT2D eigenvalue weighted by Gasteiger charge is 2.17. The molecule has 1 aliphatic heterocycles. The lowest BCUT2D eigenvalue weighted by Gasteiger charge is -2.16. The van der Waals surface area contributed by atoms with Crippen molar-refractivity contribution in [2.24, 2.45) is 7.05 Å². The molecule has 6 heterocycles. The van der Waals surface area contributed by atoms with Crippen LogP contribution in [-0.2, 0) is 7.05 Å². The van der Waals surface area contributed by atoms with Gasteiger partial charge in [0.1, 0.15) is 4.83 Å². The molecule has 0 radical (unpaired) electrons. The van der Waals surface area contributed by atoms with Gasteiger partial charge in [0, 0.05) is 43.1 Å². The average molecular weight is 429 g/mol. The molecule has 0 unspecified atom stereocenters. The normalized spacial score (nSPS) is 14.3. The first-order valence-corrected chi connectivity index (χ1v) is 10.9. The number of fused-ring (bicyclic) bond motifs is 2. The van der Waals surface area contributed by atoms with Gasteiger partial charge in [0.05, 0.1) is 28.8 Å². The number of hydrogen-bond acceptors (Lipinski definition) is 7. The zero-order valence-corrected chi connectivity index (χ0v) is 17.7. The molecular formula is C22H20N8S. The number of nitrogens with one attached hydrogen (secondary N) is 2. The van der Waals surface area contributed by atoms with Crippen LogP contribution in [0.2, 0.25) is 0 Å². The first-order chi connectivity index (χ1) is 15.2. The fourth-order valence-electron chi connectivity index (χ4n) is 3.88. The molecule has 0 atom stereocenters. The molecule has 0 aromatic carbocycles. The fourth-order valence-corrected chi connectivity index (χ4v) is 4.78. The summed E-state index contributed by atoms with van der Waals surface area (Å²) in [6.07, 6.45) is 12.9. The van der Waals surface area contributed by atoms with Crippen molar-refractivity contribution >= 4 is 43.6 Å². The number of nitrogens with zero attached hydrogens (tertiary/aromatic N) is 6. The quantitative estimate of drug-likeness (QED) is 0.452. The molecule has 1 aliphatic rings. The van der Waals surface area contributed by atoms with E-state index in [1.165, 1.54) is 5.57 Å². The smallest absolute Gasteiger partial charge is 0.181 e. The van der Waals surface area contributed by atoms with Gasteiger partial charge in [-0.3, -0.25) is 9.08 Å². The molecule has 0 amide bonds. The number of rotatable bonds is 4. The third-order valence-corrected chi connectivity index (χ3v) is 6.36. The summed E-state index contributed by atoms with van der Waals surface area (Å²) in [5.74, 6) is 0.727. The highest BCUT2D eigenvalue weighted by atomic mass is 32.1. The maximum Gasteiger partial charge on any atom is 0.181 e. The second kappa shape index (κ2) is 7.29. The van der Waals surface area contributed by atoms with E-state index in [1.54, 1.807) is 16.0 Å². The zero-order chi connectivity index (χ0) is 20.8. The minimum Gasteiger partial charge on any atom is -0.329 e. The van der Waals surface area contributed by atoms with Gasteiger partial charge in [0.2, 0.25) is 0 Å². The molecule has 8 nitrogen and oxygen atoms in total. The predicted molar refractivity (Wildman–Crippen MR) is 124 cm³/mol. The minimum absolute atomic E-state index is 0.727. The fraction of sp³-hybridized carbons (Fsp3) is 0.182. The molecule has 0 saturated carbocycles. The summed E-state index contributed by atoms with van der Waals surface area (Å²) in [6, 6.07) is 6.12. The standard InChI is InChI=1S/C22H20N8S/c1-29-12-16(10-26-29)18-11-25-21-20(28-19-8-14-4-3-7-24-22(14)31-19)27-17(13-30(18)21)15-5-2-6-23-9-15/h3-5,7-8,10-13,23H,2,6,9H2,1H3,(H,27,28). The van der Waals surface area contributed by atoms with Crippen molar-refractivity contribution in [3.8, 4) is 11.3 Å². The SMILES string of the molecule is Cn1cc(-c2cnc3c(Nc4cc5cccnc5s4)nc(C4=CCCNC4)cn23)cn1. The van der Waals surface area contributed by atoms with Crippen LogP contribution < -0.4 is 10.6 Å². The third-order valence-electron chi connectivity index (χ3n) is 5.38. The molecular weight excluding hydrogens is 408 g/mol. The Morgan fingerprint density at radius 2 is 2.16 bits per heavy atom. The van der Waals surface area contributed by atoms with E-state index < -0.39 is 0 Å². The summed E-state index contributed by atoms with van der Waals surface area (Å²) >= 11 is 1.61. The Kier molecular flexibility index (Phi) is 4.29. The highest BCUT2D eigenvalue weighted by Crippen LogP contribution is 2.33. The third kappa shape index (κ3) is 3.28. The van der Waals surface area contributed by atoms with Crippen LogP contribution in [0.5, 0.6) is 0 Å². The summed E-state index contributed by atoms with van der Waals surface area (Å²) in [5.41, 5.74) is 4.90. The van der Waals surface area contributed by atoms with Crippen molar-refractivity contribution in [1.29, 1.82) is 0 Å². The van der Waals surface area contributed by atoms with E-state index in [9.17, 15) is 0 Å². The Morgan fingerprint density at radius 3 is 2.97 bits per heavy atom. The van der Waals surface area contributed by atoms with Crippen molar-refractivity contribution < 1.29 is 0 Å².